The lowest BCUT2D eigenvalue weighted by Gasteiger charge is -2.28. The number of carbonyl (C=O) groups excluding carboxylic acids is 1. The summed E-state index contributed by atoms with van der Waals surface area (Å²) in [4.78, 5) is 12.2. The fraction of sp³-hybridized carbons (Fsp3) is 0.350. The molecule has 0 saturated heterocycles. The van der Waals surface area contributed by atoms with Crippen molar-refractivity contribution in [3.63, 3.8) is 0 Å². The van der Waals surface area contributed by atoms with E-state index in [0.717, 1.165) is 11.1 Å². The molecule has 1 N–H and O–H groups in total. The van der Waals surface area contributed by atoms with Crippen LogP contribution in [0.2, 0.25) is 0 Å². The van der Waals surface area contributed by atoms with Crippen LogP contribution in [0, 0.1) is 17.6 Å². The molecule has 0 aromatic heterocycles. The van der Waals surface area contributed by atoms with E-state index in [4.69, 9.17) is 0 Å². The fourth-order valence-electron chi connectivity index (χ4n) is 4.15. The Labute approximate surface area is 140 Å². The maximum Gasteiger partial charge on any atom is 0.136 e. The molecule has 0 amide bonds. The number of aliphatic hydroxyl groups is 1. The van der Waals surface area contributed by atoms with E-state index < -0.39 is 11.5 Å². The standard InChI is InChI=1S/C20H20F2O2/c1-12(23)19-18(14-5-9-16(22)10-6-14)17(11-20(19,2)24)13-3-7-15(21)8-4-13/h3-10,17-19,24H,11H2,1-2H3/t17-,18-,19+,20-/m1/s1. The number of rotatable bonds is 3. The van der Waals surface area contributed by atoms with Crippen LogP contribution in [0.25, 0.3) is 0 Å². The monoisotopic (exact) mass is 330 g/mol. The number of ketones is 1. The molecule has 1 fully saturated rings. The third-order valence-corrected chi connectivity index (χ3v) is 5.09. The number of halogens is 2. The highest BCUT2D eigenvalue weighted by atomic mass is 19.1. The molecule has 4 atom stereocenters. The molecule has 3 rings (SSSR count). The lowest BCUT2D eigenvalue weighted by Crippen LogP contribution is -2.36. The Morgan fingerprint density at radius 3 is 1.92 bits per heavy atom. The lowest BCUT2D eigenvalue weighted by molar-refractivity contribution is -0.127. The van der Waals surface area contributed by atoms with Crippen LogP contribution in [0.1, 0.15) is 43.2 Å². The topological polar surface area (TPSA) is 37.3 Å². The quantitative estimate of drug-likeness (QED) is 0.916. The normalized spacial score (nSPS) is 29.6. The van der Waals surface area contributed by atoms with Crippen LogP contribution in [0.4, 0.5) is 8.78 Å². The van der Waals surface area contributed by atoms with E-state index in [1.165, 1.54) is 31.2 Å². The minimum Gasteiger partial charge on any atom is -0.389 e. The van der Waals surface area contributed by atoms with E-state index in [0.29, 0.717) is 6.42 Å². The largest absolute Gasteiger partial charge is 0.389 e. The fourth-order valence-corrected chi connectivity index (χ4v) is 4.15. The second-order valence-electron chi connectivity index (χ2n) is 6.88. The van der Waals surface area contributed by atoms with E-state index >= 15 is 0 Å². The smallest absolute Gasteiger partial charge is 0.136 e. The van der Waals surface area contributed by atoms with Gasteiger partial charge in [0.1, 0.15) is 17.4 Å². The number of carbonyl (C=O) groups is 1. The van der Waals surface area contributed by atoms with Crippen LogP contribution in [-0.2, 0) is 4.79 Å². The predicted octanol–water partition coefficient (Wildman–Crippen LogP) is 4.19. The van der Waals surface area contributed by atoms with Gasteiger partial charge in [0, 0.05) is 5.92 Å². The van der Waals surface area contributed by atoms with Gasteiger partial charge in [0.2, 0.25) is 0 Å². The Morgan fingerprint density at radius 2 is 1.46 bits per heavy atom. The lowest BCUT2D eigenvalue weighted by atomic mass is 9.77. The minimum atomic E-state index is -1.16. The predicted molar refractivity (Wildman–Crippen MR) is 87.7 cm³/mol. The van der Waals surface area contributed by atoms with Crippen LogP contribution in [-0.4, -0.2) is 16.5 Å². The van der Waals surface area contributed by atoms with Crippen molar-refractivity contribution >= 4 is 5.78 Å². The second-order valence-corrected chi connectivity index (χ2v) is 6.88. The zero-order valence-electron chi connectivity index (χ0n) is 13.7. The van der Waals surface area contributed by atoms with Crippen LogP contribution < -0.4 is 0 Å². The maximum absolute atomic E-state index is 13.3. The zero-order chi connectivity index (χ0) is 17.5. The molecular formula is C20H20F2O2. The number of benzene rings is 2. The summed E-state index contributed by atoms with van der Waals surface area (Å²) in [6.45, 7) is 3.14. The van der Waals surface area contributed by atoms with E-state index in [9.17, 15) is 18.7 Å². The molecule has 2 aromatic carbocycles. The van der Waals surface area contributed by atoms with Gasteiger partial charge in [0.25, 0.3) is 0 Å². The zero-order valence-corrected chi connectivity index (χ0v) is 13.7. The second kappa shape index (κ2) is 6.10. The maximum atomic E-state index is 13.3. The van der Waals surface area contributed by atoms with Gasteiger partial charge in [-0.25, -0.2) is 8.78 Å². The van der Waals surface area contributed by atoms with E-state index in [1.807, 2.05) is 0 Å². The van der Waals surface area contributed by atoms with Crippen molar-refractivity contribution < 1.29 is 18.7 Å². The van der Waals surface area contributed by atoms with Crippen molar-refractivity contribution in [3.8, 4) is 0 Å². The van der Waals surface area contributed by atoms with Crippen LogP contribution >= 0.6 is 0 Å². The molecule has 2 aromatic rings. The molecule has 4 heteroatoms. The summed E-state index contributed by atoms with van der Waals surface area (Å²) in [5.41, 5.74) is 0.516. The first-order valence-corrected chi connectivity index (χ1v) is 8.03. The highest BCUT2D eigenvalue weighted by Gasteiger charge is 2.52. The van der Waals surface area contributed by atoms with Gasteiger partial charge in [-0.3, -0.25) is 4.79 Å². The van der Waals surface area contributed by atoms with Crippen molar-refractivity contribution in [2.75, 3.05) is 0 Å². The van der Waals surface area contributed by atoms with Gasteiger partial charge < -0.3 is 5.11 Å². The number of hydrogen-bond acceptors (Lipinski definition) is 2. The summed E-state index contributed by atoms with van der Waals surface area (Å²) in [6, 6.07) is 12.2. The highest BCUT2D eigenvalue weighted by molar-refractivity contribution is 5.81. The molecule has 126 valence electrons. The van der Waals surface area contributed by atoms with E-state index in [1.54, 1.807) is 31.2 Å². The molecule has 2 nitrogen and oxygen atoms in total. The molecule has 0 radical (unpaired) electrons. The Balaban J connectivity index is 2.10. The average Bonchev–Trinajstić information content (AvgIpc) is 2.80. The van der Waals surface area contributed by atoms with Gasteiger partial charge >= 0.3 is 0 Å². The third kappa shape index (κ3) is 2.98. The Kier molecular flexibility index (Phi) is 4.26. The molecular weight excluding hydrogens is 310 g/mol. The molecule has 1 aliphatic carbocycles. The van der Waals surface area contributed by atoms with Crippen LogP contribution in [0.5, 0.6) is 0 Å². The van der Waals surface area contributed by atoms with E-state index in [-0.39, 0.29) is 29.3 Å². The van der Waals surface area contributed by atoms with Gasteiger partial charge in [-0.1, -0.05) is 24.3 Å². The first-order valence-electron chi connectivity index (χ1n) is 8.03. The third-order valence-electron chi connectivity index (χ3n) is 5.09. The summed E-state index contributed by atoms with van der Waals surface area (Å²) in [6.07, 6.45) is 0.394. The molecule has 0 heterocycles. The summed E-state index contributed by atoms with van der Waals surface area (Å²) in [5.74, 6) is -1.77. The molecule has 1 saturated carbocycles. The number of Topliss-reactive ketones (excluding diaryl/α,β-unsaturated/α-hetero) is 1. The highest BCUT2D eigenvalue weighted by Crippen LogP contribution is 2.54. The Morgan fingerprint density at radius 1 is 1.00 bits per heavy atom. The van der Waals surface area contributed by atoms with Gasteiger partial charge in [-0.2, -0.15) is 0 Å². The first kappa shape index (κ1) is 16.8. The van der Waals surface area contributed by atoms with Gasteiger partial charge in [-0.15, -0.1) is 0 Å². The van der Waals surface area contributed by atoms with Gasteiger partial charge in [-0.05, 0) is 61.6 Å². The molecule has 0 bridgehead atoms. The van der Waals surface area contributed by atoms with Gasteiger partial charge in [0.05, 0.1) is 11.5 Å². The molecule has 0 unspecified atom stereocenters. The van der Waals surface area contributed by atoms with Crippen LogP contribution in [0.15, 0.2) is 48.5 Å². The summed E-state index contributed by atoms with van der Waals surface area (Å²) < 4.78 is 26.5. The van der Waals surface area contributed by atoms with E-state index in [2.05, 4.69) is 0 Å². The molecule has 0 aliphatic heterocycles. The average molecular weight is 330 g/mol. The first-order chi connectivity index (χ1) is 11.3. The van der Waals surface area contributed by atoms with Crippen molar-refractivity contribution in [3.05, 3.63) is 71.3 Å². The molecule has 24 heavy (non-hydrogen) atoms. The number of hydrogen-bond donors (Lipinski definition) is 1. The van der Waals surface area contributed by atoms with Crippen LogP contribution in [0.3, 0.4) is 0 Å². The van der Waals surface area contributed by atoms with Crippen molar-refractivity contribution in [1.29, 1.82) is 0 Å². The summed E-state index contributed by atoms with van der Waals surface area (Å²) in [5, 5.41) is 10.8. The minimum absolute atomic E-state index is 0.0982. The summed E-state index contributed by atoms with van der Waals surface area (Å²) >= 11 is 0. The van der Waals surface area contributed by atoms with Crippen molar-refractivity contribution in [2.45, 2.75) is 37.7 Å². The Hall–Kier alpha value is -2.07. The Bertz CT molecular complexity index is 735. The molecule has 1 aliphatic rings. The molecule has 0 spiro atoms. The van der Waals surface area contributed by atoms with Crippen molar-refractivity contribution in [1.82, 2.24) is 0 Å². The SMILES string of the molecule is CC(=O)[C@H]1[C@H](c2ccc(F)cc2)[C@@H](c2ccc(F)cc2)C[C@@]1(C)O. The van der Waals surface area contributed by atoms with Gasteiger partial charge in [0.15, 0.2) is 0 Å². The van der Waals surface area contributed by atoms with Crippen molar-refractivity contribution in [2.24, 2.45) is 5.92 Å². The summed E-state index contributed by atoms with van der Waals surface area (Å²) in [7, 11) is 0.